The second-order valence-corrected chi connectivity index (χ2v) is 6.35. The number of aromatic nitrogens is 3. The number of carbonyl (C=O) groups is 1. The molecule has 0 radical (unpaired) electrons. The van der Waals surface area contributed by atoms with Gasteiger partial charge >= 0.3 is 0 Å². The molecule has 1 N–H and O–H groups in total. The summed E-state index contributed by atoms with van der Waals surface area (Å²) in [5.41, 5.74) is 1.14. The van der Waals surface area contributed by atoms with Crippen LogP contribution in [0.2, 0.25) is 0 Å². The van der Waals surface area contributed by atoms with Gasteiger partial charge < -0.3 is 10.2 Å². The minimum atomic E-state index is -0.241. The van der Waals surface area contributed by atoms with Crippen LogP contribution in [-0.2, 0) is 17.9 Å². The topological polar surface area (TPSA) is 63.1 Å². The molecule has 3 heterocycles. The first-order valence-corrected chi connectivity index (χ1v) is 8.24. The van der Waals surface area contributed by atoms with Crippen LogP contribution in [0.25, 0.3) is 0 Å². The Balaban J connectivity index is 1.61. The Morgan fingerprint density at radius 2 is 2.09 bits per heavy atom. The van der Waals surface area contributed by atoms with Crippen molar-refractivity contribution >= 4 is 5.91 Å². The summed E-state index contributed by atoms with van der Waals surface area (Å²) in [4.78, 5) is 14.7. The van der Waals surface area contributed by atoms with E-state index in [9.17, 15) is 4.79 Å². The Labute approximate surface area is 135 Å². The van der Waals surface area contributed by atoms with Crippen molar-refractivity contribution in [2.24, 2.45) is 0 Å². The molecule has 0 spiro atoms. The van der Waals surface area contributed by atoms with Crippen LogP contribution in [0.15, 0.2) is 30.3 Å². The van der Waals surface area contributed by atoms with Crippen molar-refractivity contribution < 1.29 is 4.79 Å². The quantitative estimate of drug-likeness (QED) is 0.939. The van der Waals surface area contributed by atoms with E-state index < -0.39 is 0 Å². The van der Waals surface area contributed by atoms with Gasteiger partial charge in [0.25, 0.3) is 0 Å². The maximum Gasteiger partial charge on any atom is 0.246 e. The Morgan fingerprint density at radius 3 is 2.83 bits per heavy atom. The molecule has 1 saturated heterocycles. The third-order valence-corrected chi connectivity index (χ3v) is 4.77. The van der Waals surface area contributed by atoms with Crippen molar-refractivity contribution in [2.45, 2.75) is 44.9 Å². The van der Waals surface area contributed by atoms with Crippen LogP contribution in [0.1, 0.15) is 49.1 Å². The van der Waals surface area contributed by atoms with E-state index in [4.69, 9.17) is 0 Å². The molecular formula is C17H21N5O. The van der Waals surface area contributed by atoms with Crippen molar-refractivity contribution in [3.63, 3.8) is 0 Å². The highest BCUT2D eigenvalue weighted by Gasteiger charge is 2.35. The number of hydrogen-bond donors (Lipinski definition) is 1. The molecule has 2 aromatic rings. The van der Waals surface area contributed by atoms with E-state index in [1.807, 2.05) is 46.7 Å². The van der Waals surface area contributed by atoms with Crippen LogP contribution in [0.5, 0.6) is 0 Å². The van der Waals surface area contributed by atoms with Gasteiger partial charge in [-0.15, -0.1) is 10.2 Å². The number of carbonyl (C=O) groups excluding carboxylic acids is 1. The van der Waals surface area contributed by atoms with Gasteiger partial charge in [0, 0.05) is 6.54 Å². The predicted molar refractivity (Wildman–Crippen MR) is 85.4 cm³/mol. The second-order valence-electron chi connectivity index (χ2n) is 6.35. The van der Waals surface area contributed by atoms with Gasteiger partial charge in [0.1, 0.15) is 6.04 Å². The summed E-state index contributed by atoms with van der Waals surface area (Å²) in [6.07, 6.45) is 2.21. The Kier molecular flexibility index (Phi) is 3.61. The fourth-order valence-corrected chi connectivity index (χ4v) is 3.57. The lowest BCUT2D eigenvalue weighted by Crippen LogP contribution is -2.42. The molecule has 1 aromatic heterocycles. The van der Waals surface area contributed by atoms with Crippen LogP contribution in [0.3, 0.4) is 0 Å². The van der Waals surface area contributed by atoms with Crippen molar-refractivity contribution in [1.29, 1.82) is 0 Å². The van der Waals surface area contributed by atoms with Crippen molar-refractivity contribution in [3.8, 4) is 0 Å². The molecular weight excluding hydrogens is 290 g/mol. The van der Waals surface area contributed by atoms with Gasteiger partial charge in [0.2, 0.25) is 5.91 Å². The average molecular weight is 311 g/mol. The molecule has 4 rings (SSSR count). The van der Waals surface area contributed by atoms with E-state index >= 15 is 0 Å². The maximum absolute atomic E-state index is 12.8. The summed E-state index contributed by atoms with van der Waals surface area (Å²) in [6.45, 7) is 4.10. The summed E-state index contributed by atoms with van der Waals surface area (Å²) in [5, 5.41) is 12.2. The molecule has 2 aliphatic rings. The third kappa shape index (κ3) is 2.53. The third-order valence-electron chi connectivity index (χ3n) is 4.77. The molecule has 1 fully saturated rings. The largest absolute Gasteiger partial charge is 0.329 e. The minimum Gasteiger partial charge on any atom is -0.329 e. The lowest BCUT2D eigenvalue weighted by atomic mass is 10.1. The number of rotatable bonds is 3. The van der Waals surface area contributed by atoms with E-state index in [-0.39, 0.29) is 18.0 Å². The summed E-state index contributed by atoms with van der Waals surface area (Å²) < 4.78 is 2.03. The molecule has 23 heavy (non-hydrogen) atoms. The first kappa shape index (κ1) is 14.4. The van der Waals surface area contributed by atoms with Crippen LogP contribution >= 0.6 is 0 Å². The molecule has 1 amide bonds. The van der Waals surface area contributed by atoms with Gasteiger partial charge in [-0.3, -0.25) is 9.36 Å². The summed E-state index contributed by atoms with van der Waals surface area (Å²) in [6, 6.07) is 10.1. The molecule has 0 aliphatic carbocycles. The number of fused-ring (bicyclic) bond motifs is 1. The molecule has 2 atom stereocenters. The first-order valence-electron chi connectivity index (χ1n) is 8.24. The van der Waals surface area contributed by atoms with E-state index in [1.54, 1.807) is 0 Å². The summed E-state index contributed by atoms with van der Waals surface area (Å²) in [5.74, 6) is 1.94. The highest BCUT2D eigenvalue weighted by molar-refractivity contribution is 5.81. The number of hydrogen-bond acceptors (Lipinski definition) is 4. The van der Waals surface area contributed by atoms with E-state index in [1.165, 1.54) is 0 Å². The van der Waals surface area contributed by atoms with Crippen LogP contribution in [0, 0.1) is 0 Å². The van der Waals surface area contributed by atoms with E-state index in [2.05, 4.69) is 15.5 Å². The standard InChI is InChI=1S/C17H21N5O/c1-12-17(23)21(10-13-6-3-2-4-7-13)11-15-19-20-16(22(12)15)14-8-5-9-18-14/h2-4,6-7,12,14,18H,5,8-11H2,1H3/t12-,14-/m0/s1. The minimum absolute atomic E-state index is 0.139. The molecule has 0 saturated carbocycles. The van der Waals surface area contributed by atoms with Gasteiger partial charge in [-0.05, 0) is 31.9 Å². The highest BCUT2D eigenvalue weighted by Crippen LogP contribution is 2.29. The summed E-state index contributed by atoms with van der Waals surface area (Å²) >= 11 is 0. The number of amides is 1. The lowest BCUT2D eigenvalue weighted by Gasteiger charge is -2.32. The fraction of sp³-hybridized carbons (Fsp3) is 0.471. The number of nitrogens with zero attached hydrogens (tertiary/aromatic N) is 4. The number of benzene rings is 1. The van der Waals surface area contributed by atoms with Gasteiger partial charge in [0.15, 0.2) is 11.6 Å². The molecule has 6 nitrogen and oxygen atoms in total. The summed E-state index contributed by atoms with van der Waals surface area (Å²) in [7, 11) is 0. The SMILES string of the molecule is C[C@H]1C(=O)N(Cc2ccccc2)Cc2nnc([C@@H]3CCCN3)n21. The van der Waals surface area contributed by atoms with Crippen LogP contribution in [-0.4, -0.2) is 32.1 Å². The smallest absolute Gasteiger partial charge is 0.246 e. The maximum atomic E-state index is 12.8. The second kappa shape index (κ2) is 5.77. The molecule has 0 unspecified atom stereocenters. The first-order chi connectivity index (χ1) is 11.2. The van der Waals surface area contributed by atoms with Crippen molar-refractivity contribution in [2.75, 3.05) is 6.54 Å². The fourth-order valence-electron chi connectivity index (χ4n) is 3.57. The van der Waals surface area contributed by atoms with Crippen LogP contribution < -0.4 is 5.32 Å². The monoisotopic (exact) mass is 311 g/mol. The Morgan fingerprint density at radius 1 is 1.26 bits per heavy atom. The van der Waals surface area contributed by atoms with Gasteiger partial charge in [-0.2, -0.15) is 0 Å². The van der Waals surface area contributed by atoms with E-state index in [0.717, 1.165) is 36.6 Å². The zero-order valence-corrected chi connectivity index (χ0v) is 13.3. The molecule has 2 aliphatic heterocycles. The average Bonchev–Trinajstić information content (AvgIpc) is 3.22. The molecule has 1 aromatic carbocycles. The lowest BCUT2D eigenvalue weighted by molar-refractivity contribution is -0.137. The molecule has 6 heteroatoms. The van der Waals surface area contributed by atoms with Crippen molar-refractivity contribution in [1.82, 2.24) is 25.0 Å². The number of nitrogens with one attached hydrogen (secondary N) is 1. The zero-order chi connectivity index (χ0) is 15.8. The van der Waals surface area contributed by atoms with Gasteiger partial charge in [-0.25, -0.2) is 0 Å². The molecule has 120 valence electrons. The van der Waals surface area contributed by atoms with Gasteiger partial charge in [-0.1, -0.05) is 30.3 Å². The van der Waals surface area contributed by atoms with E-state index in [0.29, 0.717) is 13.1 Å². The Bertz CT molecular complexity index is 705. The van der Waals surface area contributed by atoms with Crippen molar-refractivity contribution in [3.05, 3.63) is 47.5 Å². The Hall–Kier alpha value is -2.21. The van der Waals surface area contributed by atoms with Crippen LogP contribution in [0.4, 0.5) is 0 Å². The zero-order valence-electron chi connectivity index (χ0n) is 13.3. The predicted octanol–water partition coefficient (Wildman–Crippen LogP) is 1.81. The molecule has 0 bridgehead atoms. The highest BCUT2D eigenvalue weighted by atomic mass is 16.2. The normalized spacial score (nSPS) is 24.0. The van der Waals surface area contributed by atoms with Gasteiger partial charge in [0.05, 0.1) is 12.6 Å².